The van der Waals surface area contributed by atoms with Gasteiger partial charge in [0.25, 0.3) is 5.95 Å². The van der Waals surface area contributed by atoms with Crippen molar-refractivity contribution in [2.75, 3.05) is 11.6 Å². The van der Waals surface area contributed by atoms with Crippen LogP contribution in [0.15, 0.2) is 0 Å². The van der Waals surface area contributed by atoms with Crippen molar-refractivity contribution < 1.29 is 13.2 Å². The van der Waals surface area contributed by atoms with Gasteiger partial charge in [-0.3, -0.25) is 10.1 Å². The summed E-state index contributed by atoms with van der Waals surface area (Å²) in [5, 5.41) is 14.9. The van der Waals surface area contributed by atoms with Gasteiger partial charge >= 0.3 is 0 Å². The average Bonchev–Trinajstić information content (AvgIpc) is 2.96. The third-order valence-corrected chi connectivity index (χ3v) is 5.64. The number of nitrogens with zero attached hydrogens (tertiary/aromatic N) is 4. The zero-order valence-corrected chi connectivity index (χ0v) is 17.9. The summed E-state index contributed by atoms with van der Waals surface area (Å²) in [4.78, 5) is 14.2. The molecule has 0 atom stereocenters. The molecule has 0 aromatic carbocycles. The lowest BCUT2D eigenvalue weighted by Gasteiger charge is -2.33. The summed E-state index contributed by atoms with van der Waals surface area (Å²) in [6.45, 7) is 9.70. The van der Waals surface area contributed by atoms with Crippen LogP contribution in [0.4, 0.5) is 5.95 Å². The van der Waals surface area contributed by atoms with Crippen molar-refractivity contribution in [3.8, 4) is 0 Å². The molecule has 154 valence electrons. The molecule has 2 N–H and O–H groups in total. The third kappa shape index (κ3) is 6.53. The molecule has 1 saturated carbocycles. The highest BCUT2D eigenvalue weighted by Gasteiger charge is 2.34. The summed E-state index contributed by atoms with van der Waals surface area (Å²) in [7, 11) is -3.17. The fourth-order valence-electron chi connectivity index (χ4n) is 3.42. The standard InChI is InChI=1S/C17H32N6O3S/c1-16(2,3)23-20-15(19-22-23)18-14(24)17(4,5)11-12-7-9-13(10-8-12)21-27(6,25)26/h12-13,21H,7-11H2,1-6H3,(H,18,20,24). The predicted octanol–water partition coefficient (Wildman–Crippen LogP) is 1.89. The average molecular weight is 401 g/mol. The lowest BCUT2D eigenvalue weighted by atomic mass is 9.75. The SMILES string of the molecule is CC(C)(CC1CCC(NS(C)(=O)=O)CC1)C(=O)Nc1nnn(C(C)(C)C)n1. The summed E-state index contributed by atoms with van der Waals surface area (Å²) in [6.07, 6.45) is 5.34. The fraction of sp³-hybridized carbons (Fsp3) is 0.882. The Labute approximate surface area is 161 Å². The van der Waals surface area contributed by atoms with Gasteiger partial charge < -0.3 is 0 Å². The third-order valence-electron chi connectivity index (χ3n) is 4.88. The molecule has 1 aliphatic rings. The Morgan fingerprint density at radius 3 is 2.22 bits per heavy atom. The molecule has 1 aromatic rings. The van der Waals surface area contributed by atoms with Crippen molar-refractivity contribution in [1.82, 2.24) is 24.9 Å². The number of carbonyl (C=O) groups excluding carboxylic acids is 1. The molecule has 10 heteroatoms. The van der Waals surface area contributed by atoms with E-state index in [1.807, 2.05) is 34.6 Å². The molecule has 1 aromatic heterocycles. The molecule has 1 aliphatic carbocycles. The van der Waals surface area contributed by atoms with Gasteiger partial charge in [-0.05, 0) is 64.0 Å². The summed E-state index contributed by atoms with van der Waals surface area (Å²) in [5.41, 5.74) is -0.876. The number of hydrogen-bond donors (Lipinski definition) is 2. The van der Waals surface area contributed by atoms with Crippen molar-refractivity contribution in [2.45, 2.75) is 78.3 Å². The quantitative estimate of drug-likeness (QED) is 0.753. The number of aromatic nitrogens is 4. The summed E-state index contributed by atoms with van der Waals surface area (Å²) in [5.74, 6) is 0.470. The van der Waals surface area contributed by atoms with E-state index in [9.17, 15) is 13.2 Å². The molecule has 27 heavy (non-hydrogen) atoms. The van der Waals surface area contributed by atoms with Crippen molar-refractivity contribution in [2.24, 2.45) is 11.3 Å². The topological polar surface area (TPSA) is 119 Å². The van der Waals surface area contributed by atoms with Crippen LogP contribution in [0.25, 0.3) is 0 Å². The normalized spacial score (nSPS) is 21.9. The molecular weight excluding hydrogens is 368 g/mol. The van der Waals surface area contributed by atoms with E-state index in [1.54, 1.807) is 0 Å². The molecule has 1 fully saturated rings. The molecular formula is C17H32N6O3S. The zero-order valence-electron chi connectivity index (χ0n) is 17.1. The highest BCUT2D eigenvalue weighted by Crippen LogP contribution is 2.35. The second-order valence-electron chi connectivity index (χ2n) is 9.22. The first-order valence-corrected chi connectivity index (χ1v) is 11.2. The molecule has 0 unspecified atom stereocenters. The second-order valence-corrected chi connectivity index (χ2v) is 11.0. The minimum Gasteiger partial charge on any atom is -0.291 e. The van der Waals surface area contributed by atoms with Gasteiger partial charge in [0.2, 0.25) is 15.9 Å². The highest BCUT2D eigenvalue weighted by molar-refractivity contribution is 7.88. The van der Waals surface area contributed by atoms with E-state index < -0.39 is 15.4 Å². The summed E-state index contributed by atoms with van der Waals surface area (Å²) in [6, 6.07) is 0.00447. The predicted molar refractivity (Wildman–Crippen MR) is 104 cm³/mol. The Kier molecular flexibility index (Phi) is 6.30. The molecule has 0 saturated heterocycles. The van der Waals surface area contributed by atoms with Crippen LogP contribution in [0.1, 0.15) is 66.7 Å². The molecule has 2 rings (SSSR count). The van der Waals surface area contributed by atoms with Crippen LogP contribution in [0.3, 0.4) is 0 Å². The first-order valence-electron chi connectivity index (χ1n) is 9.35. The molecule has 1 heterocycles. The van der Waals surface area contributed by atoms with Gasteiger partial charge in [0, 0.05) is 11.5 Å². The smallest absolute Gasteiger partial charge is 0.270 e. The maximum absolute atomic E-state index is 12.7. The van der Waals surface area contributed by atoms with Crippen LogP contribution in [-0.4, -0.2) is 46.8 Å². The minimum atomic E-state index is -3.17. The minimum absolute atomic E-state index is 0.00447. The van der Waals surface area contributed by atoms with E-state index >= 15 is 0 Å². The molecule has 0 bridgehead atoms. The van der Waals surface area contributed by atoms with E-state index in [0.29, 0.717) is 5.92 Å². The fourth-order valence-corrected chi connectivity index (χ4v) is 4.26. The number of sulfonamides is 1. The summed E-state index contributed by atoms with van der Waals surface area (Å²) >= 11 is 0. The van der Waals surface area contributed by atoms with E-state index in [4.69, 9.17) is 0 Å². The van der Waals surface area contributed by atoms with Crippen LogP contribution in [0, 0.1) is 11.3 Å². The van der Waals surface area contributed by atoms with Crippen molar-refractivity contribution in [1.29, 1.82) is 0 Å². The second kappa shape index (κ2) is 7.83. The van der Waals surface area contributed by atoms with Gasteiger partial charge in [-0.25, -0.2) is 13.1 Å². The summed E-state index contributed by atoms with van der Waals surface area (Å²) < 4.78 is 25.4. The maximum Gasteiger partial charge on any atom is 0.270 e. The number of amides is 1. The van der Waals surface area contributed by atoms with Crippen molar-refractivity contribution >= 4 is 21.9 Å². The van der Waals surface area contributed by atoms with Crippen LogP contribution >= 0.6 is 0 Å². The van der Waals surface area contributed by atoms with Crippen LogP contribution in [-0.2, 0) is 20.4 Å². The molecule has 0 aliphatic heterocycles. The number of anilines is 1. The van der Waals surface area contributed by atoms with E-state index in [-0.39, 0.29) is 23.4 Å². The van der Waals surface area contributed by atoms with Gasteiger partial charge in [-0.1, -0.05) is 18.9 Å². The highest BCUT2D eigenvalue weighted by atomic mass is 32.2. The Bertz CT molecular complexity index is 758. The van der Waals surface area contributed by atoms with E-state index in [2.05, 4.69) is 25.4 Å². The maximum atomic E-state index is 12.7. The van der Waals surface area contributed by atoms with Crippen molar-refractivity contribution in [3.05, 3.63) is 0 Å². The number of tetrazole rings is 1. The monoisotopic (exact) mass is 400 g/mol. The van der Waals surface area contributed by atoms with Crippen LogP contribution < -0.4 is 10.0 Å². The number of hydrogen-bond acceptors (Lipinski definition) is 6. The van der Waals surface area contributed by atoms with Gasteiger partial charge in [0.15, 0.2) is 0 Å². The van der Waals surface area contributed by atoms with Crippen LogP contribution in [0.2, 0.25) is 0 Å². The lowest BCUT2D eigenvalue weighted by molar-refractivity contribution is -0.125. The number of nitrogens with one attached hydrogen (secondary N) is 2. The largest absolute Gasteiger partial charge is 0.291 e. The first kappa shape index (κ1) is 21.7. The molecule has 1 amide bonds. The van der Waals surface area contributed by atoms with Gasteiger partial charge in [0.05, 0.1) is 11.8 Å². The molecule has 9 nitrogen and oxygen atoms in total. The number of carbonyl (C=O) groups is 1. The van der Waals surface area contributed by atoms with Gasteiger partial charge in [0.1, 0.15) is 0 Å². The lowest BCUT2D eigenvalue weighted by Crippen LogP contribution is -2.39. The Morgan fingerprint density at radius 1 is 1.15 bits per heavy atom. The zero-order chi connectivity index (χ0) is 20.5. The number of rotatable bonds is 6. The van der Waals surface area contributed by atoms with Gasteiger partial charge in [-0.15, -0.1) is 5.10 Å². The Morgan fingerprint density at radius 2 is 1.74 bits per heavy atom. The van der Waals surface area contributed by atoms with Gasteiger partial charge in [-0.2, -0.15) is 4.80 Å². The Hall–Kier alpha value is -1.55. The molecule has 0 spiro atoms. The van der Waals surface area contributed by atoms with Crippen LogP contribution in [0.5, 0.6) is 0 Å². The molecule has 0 radical (unpaired) electrons. The van der Waals surface area contributed by atoms with Crippen molar-refractivity contribution in [3.63, 3.8) is 0 Å². The Balaban J connectivity index is 1.89. The van der Waals surface area contributed by atoms with E-state index in [1.165, 1.54) is 11.1 Å². The van der Waals surface area contributed by atoms with E-state index in [0.717, 1.165) is 32.1 Å². The first-order chi connectivity index (χ1) is 12.3.